The van der Waals surface area contributed by atoms with Gasteiger partial charge in [0.2, 0.25) is 0 Å². The van der Waals surface area contributed by atoms with E-state index >= 15 is 0 Å². The lowest BCUT2D eigenvalue weighted by molar-refractivity contribution is 0.0947. The van der Waals surface area contributed by atoms with Gasteiger partial charge in [0, 0.05) is 29.9 Å². The van der Waals surface area contributed by atoms with Crippen LogP contribution < -0.4 is 5.32 Å². The molecule has 0 aliphatic heterocycles. The Hall–Kier alpha value is -2.75. The van der Waals surface area contributed by atoms with E-state index in [1.165, 1.54) is 23.1 Å². The highest BCUT2D eigenvalue weighted by Crippen LogP contribution is 2.32. The van der Waals surface area contributed by atoms with Crippen molar-refractivity contribution < 1.29 is 4.79 Å². The lowest BCUT2D eigenvalue weighted by Crippen LogP contribution is -2.25. The minimum absolute atomic E-state index is 0.137. The molecule has 0 radical (unpaired) electrons. The summed E-state index contributed by atoms with van der Waals surface area (Å²) in [5.41, 5.74) is 2.13. The number of carbonyl (C=O) groups excluding carboxylic acids is 1. The second-order valence-electron chi connectivity index (χ2n) is 7.68. The van der Waals surface area contributed by atoms with Crippen molar-refractivity contribution in [3.8, 4) is 17.1 Å². The van der Waals surface area contributed by atoms with E-state index in [2.05, 4.69) is 39.3 Å². The van der Waals surface area contributed by atoms with E-state index in [0.717, 1.165) is 22.7 Å². The van der Waals surface area contributed by atoms with Crippen LogP contribution in [0.2, 0.25) is 5.02 Å². The predicted octanol–water partition coefficient (Wildman–Crippen LogP) is 5.51. The van der Waals surface area contributed by atoms with Crippen LogP contribution in [0.3, 0.4) is 0 Å². The van der Waals surface area contributed by atoms with Crippen LogP contribution in [0.4, 0.5) is 0 Å². The Morgan fingerprint density at radius 2 is 1.97 bits per heavy atom. The van der Waals surface area contributed by atoms with E-state index in [4.69, 9.17) is 11.6 Å². The van der Waals surface area contributed by atoms with Crippen LogP contribution in [-0.2, 0) is 5.75 Å². The van der Waals surface area contributed by atoms with Crippen molar-refractivity contribution in [3.63, 3.8) is 0 Å². The number of pyridine rings is 1. The van der Waals surface area contributed by atoms with E-state index in [1.54, 1.807) is 17.8 Å². The van der Waals surface area contributed by atoms with E-state index in [1.807, 2.05) is 41.0 Å². The van der Waals surface area contributed by atoms with E-state index in [9.17, 15) is 4.79 Å². The number of rotatable bonds is 9. The quantitative estimate of drug-likeness (QED) is 0.306. The standard InChI is InChI=1S/C23H23ClN6OS2/c1-15(2)7-12-26-22(31)18-13-32-20(27-18)14-33-23-29-28-21(16-8-10-25-11-9-16)30(23)19-6-4-3-5-17(19)24/h3-6,8-11,13,15H,7,12,14H2,1-2H3,(H,26,31). The summed E-state index contributed by atoms with van der Waals surface area (Å²) in [5, 5.41) is 15.7. The monoisotopic (exact) mass is 498 g/mol. The first kappa shape index (κ1) is 23.4. The van der Waals surface area contributed by atoms with Crippen LogP contribution in [0, 0.1) is 5.92 Å². The molecule has 33 heavy (non-hydrogen) atoms. The third-order valence-electron chi connectivity index (χ3n) is 4.78. The van der Waals surface area contributed by atoms with Crippen molar-refractivity contribution >= 4 is 40.6 Å². The van der Waals surface area contributed by atoms with Crippen LogP contribution in [0.25, 0.3) is 17.1 Å². The Kier molecular flexibility index (Phi) is 7.74. The minimum atomic E-state index is -0.137. The Balaban J connectivity index is 1.54. The first-order valence-corrected chi connectivity index (χ1v) is 12.7. The number of thioether (sulfide) groups is 1. The molecule has 1 amide bonds. The molecule has 0 aliphatic carbocycles. The molecule has 170 valence electrons. The summed E-state index contributed by atoms with van der Waals surface area (Å²) in [6.07, 6.45) is 4.38. The van der Waals surface area contributed by atoms with E-state index in [-0.39, 0.29) is 5.91 Å². The van der Waals surface area contributed by atoms with Gasteiger partial charge < -0.3 is 5.32 Å². The van der Waals surface area contributed by atoms with Gasteiger partial charge in [0.25, 0.3) is 5.91 Å². The summed E-state index contributed by atoms with van der Waals surface area (Å²) in [6.45, 7) is 4.91. The molecule has 3 heterocycles. The highest BCUT2D eigenvalue weighted by Gasteiger charge is 2.19. The average molecular weight is 499 g/mol. The lowest BCUT2D eigenvalue weighted by Gasteiger charge is -2.11. The minimum Gasteiger partial charge on any atom is -0.351 e. The Labute approximate surface area is 205 Å². The van der Waals surface area contributed by atoms with E-state index in [0.29, 0.717) is 39.9 Å². The van der Waals surface area contributed by atoms with Crippen molar-refractivity contribution in [2.24, 2.45) is 5.92 Å². The summed E-state index contributed by atoms with van der Waals surface area (Å²) in [5.74, 6) is 1.64. The molecule has 0 saturated carbocycles. The van der Waals surface area contributed by atoms with Crippen molar-refractivity contribution in [3.05, 3.63) is 69.9 Å². The number of para-hydroxylation sites is 1. The van der Waals surface area contributed by atoms with Crippen LogP contribution in [-0.4, -0.2) is 37.2 Å². The number of amides is 1. The number of aromatic nitrogens is 5. The maximum Gasteiger partial charge on any atom is 0.270 e. The van der Waals surface area contributed by atoms with Crippen LogP contribution in [0.1, 0.15) is 35.8 Å². The molecule has 7 nitrogen and oxygen atoms in total. The van der Waals surface area contributed by atoms with Crippen molar-refractivity contribution in [1.29, 1.82) is 0 Å². The number of hydrogen-bond donors (Lipinski definition) is 1. The third kappa shape index (κ3) is 5.79. The van der Waals surface area contributed by atoms with Crippen molar-refractivity contribution in [2.45, 2.75) is 31.2 Å². The third-order valence-corrected chi connectivity index (χ3v) is 7.07. The molecular formula is C23H23ClN6OS2. The predicted molar refractivity (Wildman–Crippen MR) is 133 cm³/mol. The molecule has 0 aliphatic rings. The normalized spacial score (nSPS) is 11.2. The molecule has 0 spiro atoms. The second kappa shape index (κ2) is 10.9. The van der Waals surface area contributed by atoms with Gasteiger partial charge in [0.05, 0.1) is 16.5 Å². The Morgan fingerprint density at radius 3 is 2.73 bits per heavy atom. The van der Waals surface area contributed by atoms with Crippen molar-refractivity contribution in [1.82, 2.24) is 30.0 Å². The summed E-state index contributed by atoms with van der Waals surface area (Å²) in [6, 6.07) is 11.4. The SMILES string of the molecule is CC(C)CCNC(=O)c1csc(CSc2nnc(-c3ccncc3)n2-c2ccccc2Cl)n1. The molecule has 0 bridgehead atoms. The summed E-state index contributed by atoms with van der Waals surface area (Å²) in [4.78, 5) is 20.9. The maximum atomic E-state index is 12.3. The number of benzene rings is 1. The van der Waals surface area contributed by atoms with Crippen LogP contribution in [0.15, 0.2) is 59.3 Å². The molecule has 0 saturated heterocycles. The number of nitrogens with one attached hydrogen (secondary N) is 1. The summed E-state index contributed by atoms with van der Waals surface area (Å²) < 4.78 is 1.94. The Bertz CT molecular complexity index is 1220. The van der Waals surface area contributed by atoms with Gasteiger partial charge in [-0.05, 0) is 36.6 Å². The van der Waals surface area contributed by atoms with E-state index < -0.39 is 0 Å². The topological polar surface area (TPSA) is 85.6 Å². The molecule has 1 aromatic carbocycles. The number of hydrogen-bond acceptors (Lipinski definition) is 7. The zero-order chi connectivity index (χ0) is 23.2. The largest absolute Gasteiger partial charge is 0.351 e. The number of nitrogens with zero attached hydrogens (tertiary/aromatic N) is 5. The van der Waals surface area contributed by atoms with Crippen LogP contribution >= 0.6 is 34.7 Å². The highest BCUT2D eigenvalue weighted by atomic mass is 35.5. The molecular weight excluding hydrogens is 476 g/mol. The van der Waals surface area contributed by atoms with Gasteiger partial charge in [0.15, 0.2) is 11.0 Å². The zero-order valence-corrected chi connectivity index (χ0v) is 20.6. The van der Waals surface area contributed by atoms with Gasteiger partial charge >= 0.3 is 0 Å². The first-order chi connectivity index (χ1) is 16.0. The fourth-order valence-electron chi connectivity index (χ4n) is 3.07. The number of carbonyl (C=O) groups is 1. The van der Waals surface area contributed by atoms with Gasteiger partial charge in [-0.1, -0.05) is 49.3 Å². The van der Waals surface area contributed by atoms with Gasteiger partial charge in [-0.15, -0.1) is 21.5 Å². The average Bonchev–Trinajstić information content (AvgIpc) is 3.46. The lowest BCUT2D eigenvalue weighted by atomic mass is 10.1. The van der Waals surface area contributed by atoms with Gasteiger partial charge in [-0.25, -0.2) is 4.98 Å². The highest BCUT2D eigenvalue weighted by molar-refractivity contribution is 7.98. The molecule has 1 N–H and O–H groups in total. The number of thiazole rings is 1. The molecule has 3 aromatic heterocycles. The van der Waals surface area contributed by atoms with Crippen molar-refractivity contribution in [2.75, 3.05) is 6.54 Å². The number of halogens is 1. The first-order valence-electron chi connectivity index (χ1n) is 10.5. The summed E-state index contributed by atoms with van der Waals surface area (Å²) >= 11 is 9.47. The smallest absolute Gasteiger partial charge is 0.270 e. The molecule has 4 rings (SSSR count). The molecule has 0 fully saturated rings. The van der Waals surface area contributed by atoms with Gasteiger partial charge in [-0.3, -0.25) is 14.3 Å². The molecule has 10 heteroatoms. The second-order valence-corrected chi connectivity index (χ2v) is 9.97. The van der Waals surface area contributed by atoms with Crippen LogP contribution in [0.5, 0.6) is 0 Å². The molecule has 0 atom stereocenters. The zero-order valence-electron chi connectivity index (χ0n) is 18.2. The molecule has 0 unspecified atom stereocenters. The fourth-order valence-corrected chi connectivity index (χ4v) is 5.03. The summed E-state index contributed by atoms with van der Waals surface area (Å²) in [7, 11) is 0. The Morgan fingerprint density at radius 1 is 1.18 bits per heavy atom. The fraction of sp³-hybridized carbons (Fsp3) is 0.261. The van der Waals surface area contributed by atoms with Gasteiger partial charge in [-0.2, -0.15) is 0 Å². The molecule has 4 aromatic rings. The maximum absolute atomic E-state index is 12.3. The van der Waals surface area contributed by atoms with Gasteiger partial charge in [0.1, 0.15) is 10.7 Å².